The molecular formula is C17H16N4O6. The first-order valence-electron chi connectivity index (χ1n) is 7.62. The Kier molecular flexibility index (Phi) is 6.42. The normalized spacial score (nSPS) is 10.4. The van der Waals surface area contributed by atoms with Crippen molar-refractivity contribution in [1.82, 2.24) is 10.7 Å². The minimum Gasteiger partial charge on any atom is -0.504 e. The molecule has 10 heteroatoms. The Morgan fingerprint density at radius 3 is 2.78 bits per heavy atom. The maximum atomic E-state index is 11.9. The fourth-order valence-corrected chi connectivity index (χ4v) is 2.02. The number of aromatic hydroxyl groups is 1. The number of hydrogen-bond donors (Lipinski definition) is 3. The molecule has 0 heterocycles. The number of nitro groups is 1. The van der Waals surface area contributed by atoms with Gasteiger partial charge in [0, 0.05) is 17.7 Å². The number of hydrazone groups is 1. The van der Waals surface area contributed by atoms with E-state index < -0.39 is 16.7 Å². The number of nitrogens with zero attached hydrogens (tertiary/aromatic N) is 2. The van der Waals surface area contributed by atoms with Crippen LogP contribution in [0, 0.1) is 10.1 Å². The van der Waals surface area contributed by atoms with Crippen LogP contribution >= 0.6 is 0 Å². The molecule has 0 unspecified atom stereocenters. The third-order valence-corrected chi connectivity index (χ3v) is 3.34. The Bertz CT molecular complexity index is 897. The molecule has 2 aromatic rings. The number of non-ortho nitro benzene ring substituents is 1. The number of carbonyl (C=O) groups is 2. The molecule has 0 aliphatic carbocycles. The number of nitro benzene ring substituents is 1. The minimum atomic E-state index is -0.624. The Labute approximate surface area is 153 Å². The van der Waals surface area contributed by atoms with Crippen LogP contribution in [0.4, 0.5) is 5.69 Å². The first-order chi connectivity index (χ1) is 12.9. The van der Waals surface area contributed by atoms with Crippen LogP contribution in [0.15, 0.2) is 47.6 Å². The van der Waals surface area contributed by atoms with Crippen molar-refractivity contribution in [3.05, 3.63) is 63.7 Å². The van der Waals surface area contributed by atoms with Crippen molar-refractivity contribution in [2.45, 2.75) is 0 Å². The van der Waals surface area contributed by atoms with E-state index in [2.05, 4.69) is 15.8 Å². The molecule has 27 heavy (non-hydrogen) atoms. The number of carbonyl (C=O) groups excluding carboxylic acids is 2. The molecule has 0 bridgehead atoms. The summed E-state index contributed by atoms with van der Waals surface area (Å²) in [6.07, 6.45) is 1.34. The van der Waals surface area contributed by atoms with Crippen molar-refractivity contribution in [3.63, 3.8) is 0 Å². The Hall–Kier alpha value is -3.95. The molecule has 2 amide bonds. The molecule has 0 saturated carbocycles. The topological polar surface area (TPSA) is 143 Å². The van der Waals surface area contributed by atoms with Gasteiger partial charge in [-0.25, -0.2) is 5.43 Å². The second kappa shape index (κ2) is 8.94. The summed E-state index contributed by atoms with van der Waals surface area (Å²) in [6.45, 7) is -0.363. The van der Waals surface area contributed by atoms with Gasteiger partial charge in [-0.3, -0.25) is 19.7 Å². The molecular weight excluding hydrogens is 356 g/mol. The van der Waals surface area contributed by atoms with Crippen molar-refractivity contribution in [1.29, 1.82) is 0 Å². The third-order valence-electron chi connectivity index (χ3n) is 3.34. The highest BCUT2D eigenvalue weighted by molar-refractivity contribution is 5.97. The minimum absolute atomic E-state index is 0.0254. The molecule has 0 saturated heterocycles. The van der Waals surface area contributed by atoms with E-state index in [0.717, 1.165) is 6.07 Å². The molecule has 2 aromatic carbocycles. The summed E-state index contributed by atoms with van der Waals surface area (Å²) < 4.78 is 4.95. The maximum Gasteiger partial charge on any atom is 0.270 e. The van der Waals surface area contributed by atoms with Gasteiger partial charge in [-0.1, -0.05) is 6.07 Å². The summed E-state index contributed by atoms with van der Waals surface area (Å²) in [5, 5.41) is 26.3. The Morgan fingerprint density at radius 1 is 1.30 bits per heavy atom. The summed E-state index contributed by atoms with van der Waals surface area (Å²) >= 11 is 0. The SMILES string of the molecule is COc1cc(/C=N/NC(=O)CNC(=O)c2cccc([N+](=O)[O-])c2)ccc1O. The number of phenols is 1. The van der Waals surface area contributed by atoms with E-state index in [1.807, 2.05) is 0 Å². The van der Waals surface area contributed by atoms with E-state index in [1.54, 1.807) is 6.07 Å². The van der Waals surface area contributed by atoms with E-state index in [4.69, 9.17) is 4.74 Å². The van der Waals surface area contributed by atoms with Crippen molar-refractivity contribution in [2.24, 2.45) is 5.10 Å². The average Bonchev–Trinajstić information content (AvgIpc) is 2.67. The number of amides is 2. The first-order valence-corrected chi connectivity index (χ1v) is 7.62. The van der Waals surface area contributed by atoms with Gasteiger partial charge in [-0.05, 0) is 29.8 Å². The third kappa shape index (κ3) is 5.53. The van der Waals surface area contributed by atoms with E-state index in [1.165, 1.54) is 43.7 Å². The molecule has 0 aliphatic heterocycles. The molecule has 3 N–H and O–H groups in total. The van der Waals surface area contributed by atoms with Crippen LogP contribution < -0.4 is 15.5 Å². The largest absolute Gasteiger partial charge is 0.504 e. The molecule has 0 spiro atoms. The lowest BCUT2D eigenvalue weighted by atomic mass is 10.2. The molecule has 0 aliphatic rings. The van der Waals surface area contributed by atoms with Crippen LogP contribution in [-0.2, 0) is 4.79 Å². The summed E-state index contributed by atoms with van der Waals surface area (Å²) in [7, 11) is 1.40. The summed E-state index contributed by atoms with van der Waals surface area (Å²) in [5.74, 6) is -0.978. The highest BCUT2D eigenvalue weighted by Gasteiger charge is 2.12. The number of hydrogen-bond acceptors (Lipinski definition) is 7. The van der Waals surface area contributed by atoms with Gasteiger partial charge in [0.25, 0.3) is 17.5 Å². The highest BCUT2D eigenvalue weighted by Crippen LogP contribution is 2.25. The number of ether oxygens (including phenoxy) is 1. The quantitative estimate of drug-likeness (QED) is 0.378. The molecule has 10 nitrogen and oxygen atoms in total. The van der Waals surface area contributed by atoms with Gasteiger partial charge in [0.1, 0.15) is 0 Å². The van der Waals surface area contributed by atoms with Gasteiger partial charge < -0.3 is 15.2 Å². The smallest absolute Gasteiger partial charge is 0.270 e. The van der Waals surface area contributed by atoms with Crippen LogP contribution in [0.3, 0.4) is 0 Å². The zero-order chi connectivity index (χ0) is 19.8. The summed E-state index contributed by atoms with van der Waals surface area (Å²) in [5.41, 5.74) is 2.64. The predicted octanol–water partition coefficient (Wildman–Crippen LogP) is 1.19. The van der Waals surface area contributed by atoms with Crippen LogP contribution in [0.25, 0.3) is 0 Å². The molecule has 2 rings (SSSR count). The van der Waals surface area contributed by atoms with Crippen molar-refractivity contribution < 1.29 is 24.4 Å². The molecule has 0 fully saturated rings. The second-order valence-electron chi connectivity index (χ2n) is 5.21. The second-order valence-corrected chi connectivity index (χ2v) is 5.21. The van der Waals surface area contributed by atoms with Gasteiger partial charge in [-0.2, -0.15) is 5.10 Å². The van der Waals surface area contributed by atoms with Crippen LogP contribution in [0.2, 0.25) is 0 Å². The van der Waals surface area contributed by atoms with E-state index >= 15 is 0 Å². The number of phenolic OH excluding ortho intramolecular Hbond substituents is 1. The van der Waals surface area contributed by atoms with Gasteiger partial charge in [0.05, 0.1) is 24.8 Å². The molecule has 140 valence electrons. The number of methoxy groups -OCH3 is 1. The monoisotopic (exact) mass is 372 g/mol. The van der Waals surface area contributed by atoms with Gasteiger partial charge in [0.2, 0.25) is 0 Å². The lowest BCUT2D eigenvalue weighted by Crippen LogP contribution is -2.34. The molecule has 0 aromatic heterocycles. The average molecular weight is 372 g/mol. The van der Waals surface area contributed by atoms with Gasteiger partial charge in [0.15, 0.2) is 11.5 Å². The summed E-state index contributed by atoms with van der Waals surface area (Å²) in [4.78, 5) is 33.7. The van der Waals surface area contributed by atoms with Gasteiger partial charge >= 0.3 is 0 Å². The van der Waals surface area contributed by atoms with Crippen molar-refractivity contribution in [3.8, 4) is 11.5 Å². The van der Waals surface area contributed by atoms with E-state index in [0.29, 0.717) is 5.56 Å². The standard InChI is InChI=1S/C17H16N4O6/c1-27-15-7-11(5-6-14(15)22)9-19-20-16(23)10-18-17(24)12-3-2-4-13(8-12)21(25)26/h2-9,22H,10H2,1H3,(H,18,24)(H,20,23)/b19-9+. The zero-order valence-corrected chi connectivity index (χ0v) is 14.2. The van der Waals surface area contributed by atoms with E-state index in [9.17, 15) is 24.8 Å². The zero-order valence-electron chi connectivity index (χ0n) is 14.2. The Balaban J connectivity index is 1.86. The van der Waals surface area contributed by atoms with Crippen LogP contribution in [0.1, 0.15) is 15.9 Å². The van der Waals surface area contributed by atoms with Crippen LogP contribution in [-0.4, -0.2) is 41.7 Å². The van der Waals surface area contributed by atoms with E-state index in [-0.39, 0.29) is 29.3 Å². The molecule has 0 radical (unpaired) electrons. The van der Waals surface area contributed by atoms with Crippen molar-refractivity contribution >= 4 is 23.7 Å². The fourth-order valence-electron chi connectivity index (χ4n) is 2.02. The lowest BCUT2D eigenvalue weighted by molar-refractivity contribution is -0.384. The number of rotatable bonds is 7. The first kappa shape index (κ1) is 19.4. The predicted molar refractivity (Wildman–Crippen MR) is 95.8 cm³/mol. The summed E-state index contributed by atoms with van der Waals surface area (Å²) in [6, 6.07) is 9.66. The fraction of sp³-hybridized carbons (Fsp3) is 0.118. The lowest BCUT2D eigenvalue weighted by Gasteiger charge is -2.05. The number of nitrogens with one attached hydrogen (secondary N) is 2. The van der Waals surface area contributed by atoms with Gasteiger partial charge in [-0.15, -0.1) is 0 Å². The van der Waals surface area contributed by atoms with Crippen LogP contribution in [0.5, 0.6) is 11.5 Å². The maximum absolute atomic E-state index is 11.9. The Morgan fingerprint density at radius 2 is 2.07 bits per heavy atom. The number of benzene rings is 2. The highest BCUT2D eigenvalue weighted by atomic mass is 16.6. The van der Waals surface area contributed by atoms with Crippen molar-refractivity contribution in [2.75, 3.05) is 13.7 Å². The molecule has 0 atom stereocenters.